The minimum atomic E-state index is -0.502. The largest absolute Gasteiger partial charge is 0.321 e. The zero-order valence-electron chi connectivity index (χ0n) is 10.0. The first-order valence-corrected chi connectivity index (χ1v) is 6.41. The second-order valence-electron chi connectivity index (χ2n) is 4.61. The normalized spacial score (nSPS) is 12.8. The molecule has 0 aromatic heterocycles. The average molecular weight is 302 g/mol. The van der Waals surface area contributed by atoms with Gasteiger partial charge in [-0.15, -0.1) is 0 Å². The van der Waals surface area contributed by atoms with Gasteiger partial charge in [0.25, 0.3) is 0 Å². The molecule has 0 bridgehead atoms. The summed E-state index contributed by atoms with van der Waals surface area (Å²) in [6.07, 6.45) is 0.698. The molecule has 0 aliphatic carbocycles. The molecule has 17 heavy (non-hydrogen) atoms. The van der Waals surface area contributed by atoms with Gasteiger partial charge in [0.05, 0.1) is 6.04 Å². The predicted octanol–water partition coefficient (Wildman–Crippen LogP) is 3.07. The van der Waals surface area contributed by atoms with Crippen molar-refractivity contribution in [2.24, 2.45) is 11.7 Å². The van der Waals surface area contributed by atoms with Crippen LogP contribution in [0.4, 0.5) is 4.39 Å². The number of rotatable bonds is 5. The molecule has 0 saturated heterocycles. The maximum atomic E-state index is 13.5. The van der Waals surface area contributed by atoms with Crippen LogP contribution < -0.4 is 5.73 Å². The van der Waals surface area contributed by atoms with Crippen LogP contribution in [-0.4, -0.2) is 11.8 Å². The Morgan fingerprint density at radius 1 is 1.47 bits per heavy atom. The van der Waals surface area contributed by atoms with E-state index in [1.165, 1.54) is 6.07 Å². The van der Waals surface area contributed by atoms with Gasteiger partial charge in [-0.05, 0) is 30.0 Å². The second-order valence-corrected chi connectivity index (χ2v) is 5.53. The number of hydrogen-bond acceptors (Lipinski definition) is 2. The molecule has 0 aliphatic heterocycles. The van der Waals surface area contributed by atoms with Gasteiger partial charge in [-0.2, -0.15) is 0 Å². The van der Waals surface area contributed by atoms with Gasteiger partial charge in [0.2, 0.25) is 0 Å². The Hall–Kier alpha value is -0.740. The number of benzene rings is 1. The Balaban J connectivity index is 2.67. The molecule has 0 saturated carbocycles. The summed E-state index contributed by atoms with van der Waals surface area (Å²) in [6.45, 7) is 4.01. The molecule has 0 radical (unpaired) electrons. The van der Waals surface area contributed by atoms with E-state index in [0.29, 0.717) is 22.4 Å². The second kappa shape index (κ2) is 6.26. The Bertz CT molecular complexity index is 406. The number of hydrogen-bond donors (Lipinski definition) is 1. The van der Waals surface area contributed by atoms with Crippen LogP contribution in [0.1, 0.15) is 25.8 Å². The highest BCUT2D eigenvalue weighted by Gasteiger charge is 2.17. The van der Waals surface area contributed by atoms with Crippen molar-refractivity contribution >= 4 is 21.7 Å². The predicted molar refractivity (Wildman–Crippen MR) is 70.2 cm³/mol. The lowest BCUT2D eigenvalue weighted by Crippen LogP contribution is -2.33. The van der Waals surface area contributed by atoms with Crippen molar-refractivity contribution in [3.8, 4) is 0 Å². The fourth-order valence-electron chi connectivity index (χ4n) is 1.62. The molecule has 1 atom stereocenters. The molecular formula is C13H17BrFNO. The van der Waals surface area contributed by atoms with Gasteiger partial charge in [0, 0.05) is 10.9 Å². The zero-order valence-corrected chi connectivity index (χ0v) is 11.6. The van der Waals surface area contributed by atoms with Gasteiger partial charge in [0.15, 0.2) is 5.78 Å². The highest BCUT2D eigenvalue weighted by molar-refractivity contribution is 9.10. The highest BCUT2D eigenvalue weighted by atomic mass is 79.9. The first kappa shape index (κ1) is 14.3. The number of Topliss-reactive ketones (excluding diaryl/α,β-unsaturated/α-hetero) is 1. The molecular weight excluding hydrogens is 285 g/mol. The smallest absolute Gasteiger partial charge is 0.153 e. The Morgan fingerprint density at radius 3 is 2.65 bits per heavy atom. The number of ketones is 1. The van der Waals surface area contributed by atoms with Crippen molar-refractivity contribution in [2.75, 3.05) is 0 Å². The molecule has 4 heteroatoms. The SMILES string of the molecule is CC(C)CC(N)C(=O)Cc1ccc(Br)cc1F. The Labute approximate surface area is 110 Å². The molecule has 0 aliphatic rings. The van der Waals surface area contributed by atoms with E-state index in [4.69, 9.17) is 5.73 Å². The van der Waals surface area contributed by atoms with Crippen molar-refractivity contribution in [1.82, 2.24) is 0 Å². The third kappa shape index (κ3) is 4.56. The standard InChI is InChI=1S/C13H17BrFNO/c1-8(2)5-12(16)13(17)6-9-3-4-10(14)7-11(9)15/h3-4,7-8,12H,5-6,16H2,1-2H3. The fraction of sp³-hybridized carbons (Fsp3) is 0.462. The molecule has 0 heterocycles. The zero-order chi connectivity index (χ0) is 13.0. The minimum absolute atomic E-state index is 0.0625. The first-order valence-electron chi connectivity index (χ1n) is 5.62. The van der Waals surface area contributed by atoms with Crippen molar-refractivity contribution in [3.63, 3.8) is 0 Å². The summed E-state index contributed by atoms with van der Waals surface area (Å²) in [6, 6.07) is 4.19. The fourth-order valence-corrected chi connectivity index (χ4v) is 1.96. The summed E-state index contributed by atoms with van der Waals surface area (Å²) in [5, 5.41) is 0. The molecule has 0 amide bonds. The third-order valence-electron chi connectivity index (χ3n) is 2.52. The number of halogens is 2. The topological polar surface area (TPSA) is 43.1 Å². The maximum Gasteiger partial charge on any atom is 0.153 e. The van der Waals surface area contributed by atoms with Crippen LogP contribution in [0.15, 0.2) is 22.7 Å². The third-order valence-corrected chi connectivity index (χ3v) is 3.01. The van der Waals surface area contributed by atoms with Crippen molar-refractivity contribution < 1.29 is 9.18 Å². The van der Waals surface area contributed by atoms with Crippen LogP contribution in [0.5, 0.6) is 0 Å². The molecule has 1 rings (SSSR count). The van der Waals surface area contributed by atoms with E-state index in [2.05, 4.69) is 15.9 Å². The van der Waals surface area contributed by atoms with Crippen molar-refractivity contribution in [1.29, 1.82) is 0 Å². The van der Waals surface area contributed by atoms with Gasteiger partial charge >= 0.3 is 0 Å². The summed E-state index contributed by atoms with van der Waals surface area (Å²) in [7, 11) is 0. The molecule has 2 N–H and O–H groups in total. The van der Waals surface area contributed by atoms with E-state index in [0.717, 1.165) is 0 Å². The summed E-state index contributed by atoms with van der Waals surface area (Å²) >= 11 is 3.17. The van der Waals surface area contributed by atoms with Crippen LogP contribution in [0, 0.1) is 11.7 Å². The van der Waals surface area contributed by atoms with Crippen LogP contribution in [-0.2, 0) is 11.2 Å². The molecule has 0 spiro atoms. The van der Waals surface area contributed by atoms with Crippen LogP contribution >= 0.6 is 15.9 Å². The Morgan fingerprint density at radius 2 is 2.12 bits per heavy atom. The van der Waals surface area contributed by atoms with E-state index in [9.17, 15) is 9.18 Å². The maximum absolute atomic E-state index is 13.5. The minimum Gasteiger partial charge on any atom is -0.321 e. The van der Waals surface area contributed by atoms with Gasteiger partial charge in [-0.1, -0.05) is 35.8 Å². The summed E-state index contributed by atoms with van der Waals surface area (Å²) in [5.41, 5.74) is 6.17. The summed E-state index contributed by atoms with van der Waals surface area (Å²) in [4.78, 5) is 11.8. The number of nitrogens with two attached hydrogens (primary N) is 1. The van der Waals surface area contributed by atoms with E-state index >= 15 is 0 Å². The van der Waals surface area contributed by atoms with E-state index < -0.39 is 6.04 Å². The molecule has 1 aromatic carbocycles. The molecule has 1 unspecified atom stereocenters. The first-order chi connectivity index (χ1) is 7.90. The lowest BCUT2D eigenvalue weighted by Gasteiger charge is -2.13. The van der Waals surface area contributed by atoms with Gasteiger partial charge in [0.1, 0.15) is 5.82 Å². The molecule has 1 aromatic rings. The highest BCUT2D eigenvalue weighted by Crippen LogP contribution is 2.16. The van der Waals surface area contributed by atoms with E-state index in [1.807, 2.05) is 13.8 Å². The quantitative estimate of drug-likeness (QED) is 0.908. The number of carbonyl (C=O) groups is 1. The van der Waals surface area contributed by atoms with Crippen molar-refractivity contribution in [2.45, 2.75) is 32.7 Å². The lowest BCUT2D eigenvalue weighted by molar-refractivity contribution is -0.120. The van der Waals surface area contributed by atoms with E-state index in [1.54, 1.807) is 12.1 Å². The van der Waals surface area contributed by atoms with E-state index in [-0.39, 0.29) is 18.0 Å². The molecule has 0 fully saturated rings. The summed E-state index contributed by atoms with van der Waals surface area (Å²) in [5.74, 6) is -0.117. The van der Waals surface area contributed by atoms with Gasteiger partial charge in [-0.3, -0.25) is 4.79 Å². The lowest BCUT2D eigenvalue weighted by atomic mass is 9.97. The summed E-state index contributed by atoms with van der Waals surface area (Å²) < 4.78 is 14.2. The number of carbonyl (C=O) groups excluding carboxylic acids is 1. The monoisotopic (exact) mass is 301 g/mol. The average Bonchev–Trinajstić information content (AvgIpc) is 2.21. The Kier molecular flexibility index (Phi) is 5.28. The van der Waals surface area contributed by atoms with Crippen molar-refractivity contribution in [3.05, 3.63) is 34.1 Å². The van der Waals surface area contributed by atoms with Crippen LogP contribution in [0.3, 0.4) is 0 Å². The van der Waals surface area contributed by atoms with Gasteiger partial charge in [-0.25, -0.2) is 4.39 Å². The molecule has 2 nitrogen and oxygen atoms in total. The van der Waals surface area contributed by atoms with Crippen LogP contribution in [0.2, 0.25) is 0 Å². The van der Waals surface area contributed by atoms with Gasteiger partial charge < -0.3 is 5.73 Å². The van der Waals surface area contributed by atoms with Crippen LogP contribution in [0.25, 0.3) is 0 Å². The molecule has 94 valence electrons.